The minimum atomic E-state index is -4.27. The van der Waals surface area contributed by atoms with Crippen LogP contribution in [0, 0.1) is 5.92 Å². The predicted molar refractivity (Wildman–Crippen MR) is 169 cm³/mol. The average molecular weight is 663 g/mol. The summed E-state index contributed by atoms with van der Waals surface area (Å²) >= 11 is 0. The van der Waals surface area contributed by atoms with E-state index in [0.29, 0.717) is 57.3 Å². The smallest absolute Gasteiger partial charge is 0.398 e. The van der Waals surface area contributed by atoms with Gasteiger partial charge < -0.3 is 15.4 Å². The Hall–Kier alpha value is -2.67. The van der Waals surface area contributed by atoms with Gasteiger partial charge >= 0.3 is 6.18 Å². The number of piperazine rings is 1. The van der Waals surface area contributed by atoms with Crippen molar-refractivity contribution in [1.82, 2.24) is 14.1 Å². The monoisotopic (exact) mass is 662 g/mol. The van der Waals surface area contributed by atoms with Crippen molar-refractivity contribution in [3.05, 3.63) is 59.7 Å². The molecule has 0 spiro atoms. The van der Waals surface area contributed by atoms with Crippen LogP contribution in [0.5, 0.6) is 5.75 Å². The van der Waals surface area contributed by atoms with E-state index in [2.05, 4.69) is 0 Å². The van der Waals surface area contributed by atoms with Gasteiger partial charge in [0.2, 0.25) is 15.9 Å². The fraction of sp³-hybridized carbons (Fsp3) is 0.618. The molecule has 2 aromatic carbocycles. The molecule has 2 heterocycles. The van der Waals surface area contributed by atoms with Crippen LogP contribution >= 0.6 is 0 Å². The van der Waals surface area contributed by atoms with Gasteiger partial charge in [-0.25, -0.2) is 8.42 Å². The standard InChI is InChI=1S/C34H45F3N4O4S/c35-34(36,37)33(16-17-33)27-8-6-25(7-9-27)22-39-20-21-41(31(23-39)32(42)40-18-14-28(38)15-19-40)46(43,44)30-12-10-29(11-13-30)45-24-26-4-2-1-3-5-26/h6-13,26,28,31H,1-5,14-24,38H2/t31-/m1/s1. The zero-order valence-corrected chi connectivity index (χ0v) is 27.1. The van der Waals surface area contributed by atoms with Crippen LogP contribution in [-0.4, -0.2) is 86.0 Å². The third-order valence-corrected chi connectivity index (χ3v) is 12.3. The summed E-state index contributed by atoms with van der Waals surface area (Å²) in [5.74, 6) is 0.904. The van der Waals surface area contributed by atoms with E-state index in [1.807, 2.05) is 4.90 Å². The van der Waals surface area contributed by atoms with Crippen LogP contribution in [0.2, 0.25) is 0 Å². The van der Waals surface area contributed by atoms with Crippen LogP contribution in [0.1, 0.15) is 68.9 Å². The highest BCUT2D eigenvalue weighted by Crippen LogP contribution is 2.58. The molecule has 1 amide bonds. The van der Waals surface area contributed by atoms with E-state index in [1.165, 1.54) is 23.6 Å². The number of rotatable bonds is 9. The average Bonchev–Trinajstić information content (AvgIpc) is 3.88. The maximum absolute atomic E-state index is 14.0. The number of amides is 1. The minimum Gasteiger partial charge on any atom is -0.493 e. The number of carbonyl (C=O) groups excluding carboxylic acids is 1. The van der Waals surface area contributed by atoms with Gasteiger partial charge in [0.05, 0.1) is 16.9 Å². The topological polar surface area (TPSA) is 96.2 Å². The van der Waals surface area contributed by atoms with Crippen molar-refractivity contribution >= 4 is 15.9 Å². The highest BCUT2D eigenvalue weighted by atomic mass is 32.2. The first kappa shape index (κ1) is 33.2. The molecule has 0 bridgehead atoms. The van der Waals surface area contributed by atoms with E-state index in [0.717, 1.165) is 18.4 Å². The number of hydrogen-bond acceptors (Lipinski definition) is 6. The first-order valence-corrected chi connectivity index (χ1v) is 18.1. The Morgan fingerprint density at radius 1 is 0.891 bits per heavy atom. The molecule has 46 heavy (non-hydrogen) atoms. The van der Waals surface area contributed by atoms with Gasteiger partial charge in [-0.2, -0.15) is 17.5 Å². The number of alkyl halides is 3. The van der Waals surface area contributed by atoms with E-state index in [1.54, 1.807) is 53.4 Å². The molecule has 6 rings (SSSR count). The highest BCUT2D eigenvalue weighted by molar-refractivity contribution is 7.89. The fourth-order valence-corrected chi connectivity index (χ4v) is 8.81. The van der Waals surface area contributed by atoms with Crippen molar-refractivity contribution in [3.8, 4) is 5.75 Å². The molecule has 8 nitrogen and oxygen atoms in total. The number of nitrogens with zero attached hydrogens (tertiary/aromatic N) is 3. The van der Waals surface area contributed by atoms with E-state index >= 15 is 0 Å². The molecule has 2 saturated heterocycles. The number of ether oxygens (including phenoxy) is 1. The lowest BCUT2D eigenvalue weighted by atomic mass is 9.90. The number of carbonyl (C=O) groups is 1. The summed E-state index contributed by atoms with van der Waals surface area (Å²) in [7, 11) is -4.01. The molecule has 2 aromatic rings. The molecular formula is C34H45F3N4O4S. The Morgan fingerprint density at radius 2 is 1.54 bits per heavy atom. The number of likely N-dealkylation sites (tertiary alicyclic amines) is 1. The van der Waals surface area contributed by atoms with Crippen molar-refractivity contribution in [3.63, 3.8) is 0 Å². The Kier molecular flexibility index (Phi) is 9.72. The van der Waals surface area contributed by atoms with Gasteiger partial charge in [-0.3, -0.25) is 9.69 Å². The number of halogens is 3. The summed E-state index contributed by atoms with van der Waals surface area (Å²) in [6, 6.07) is 12.1. The van der Waals surface area contributed by atoms with Crippen LogP contribution in [-0.2, 0) is 26.8 Å². The lowest BCUT2D eigenvalue weighted by Gasteiger charge is -2.42. The molecule has 2 saturated carbocycles. The minimum absolute atomic E-state index is 0.0145. The van der Waals surface area contributed by atoms with Crippen LogP contribution in [0.4, 0.5) is 13.2 Å². The molecule has 2 aliphatic heterocycles. The molecule has 12 heteroatoms. The van der Waals surface area contributed by atoms with Crippen LogP contribution in [0.15, 0.2) is 53.4 Å². The fourth-order valence-electron chi connectivity index (χ4n) is 7.25. The summed E-state index contributed by atoms with van der Waals surface area (Å²) in [5.41, 5.74) is 5.43. The van der Waals surface area contributed by atoms with Crippen molar-refractivity contribution in [2.45, 2.75) is 92.9 Å². The van der Waals surface area contributed by atoms with E-state index in [4.69, 9.17) is 10.5 Å². The van der Waals surface area contributed by atoms with Gasteiger partial charge in [-0.05, 0) is 79.8 Å². The van der Waals surface area contributed by atoms with Gasteiger partial charge in [-0.15, -0.1) is 0 Å². The Labute approximate surface area is 270 Å². The second-order valence-corrected chi connectivity index (χ2v) is 15.5. The van der Waals surface area contributed by atoms with Crippen LogP contribution in [0.3, 0.4) is 0 Å². The maximum Gasteiger partial charge on any atom is 0.398 e. The molecule has 0 aromatic heterocycles. The number of hydrogen-bond donors (Lipinski definition) is 1. The Morgan fingerprint density at radius 3 is 2.15 bits per heavy atom. The Bertz CT molecular complexity index is 1450. The summed E-state index contributed by atoms with van der Waals surface area (Å²) < 4.78 is 76.2. The second kappa shape index (κ2) is 13.4. The van der Waals surface area contributed by atoms with Gasteiger partial charge in [0.1, 0.15) is 11.8 Å². The molecule has 4 aliphatic rings. The quantitative estimate of drug-likeness (QED) is 0.403. The van der Waals surface area contributed by atoms with Gasteiger partial charge in [-0.1, -0.05) is 43.5 Å². The highest BCUT2D eigenvalue weighted by Gasteiger charge is 2.64. The molecule has 2 aliphatic carbocycles. The van der Waals surface area contributed by atoms with Crippen LogP contribution < -0.4 is 10.5 Å². The van der Waals surface area contributed by atoms with Gasteiger partial charge in [0.25, 0.3) is 0 Å². The molecule has 0 unspecified atom stereocenters. The van der Waals surface area contributed by atoms with Crippen molar-refractivity contribution in [1.29, 1.82) is 0 Å². The lowest BCUT2D eigenvalue weighted by Crippen LogP contribution is -2.61. The Balaban J connectivity index is 1.16. The molecule has 4 fully saturated rings. The third-order valence-electron chi connectivity index (χ3n) is 10.4. The SMILES string of the molecule is NC1CCN(C(=O)[C@H]2CN(Cc3ccc(C4(C(F)(F)F)CC4)cc3)CCN2S(=O)(=O)c2ccc(OCC3CCCCC3)cc2)CC1. The summed E-state index contributed by atoms with van der Waals surface area (Å²) in [6.45, 7) is 2.63. The third kappa shape index (κ3) is 7.10. The second-order valence-electron chi connectivity index (χ2n) is 13.6. The molecule has 2 N–H and O–H groups in total. The van der Waals surface area contributed by atoms with Crippen molar-refractivity contribution in [2.24, 2.45) is 11.7 Å². The van der Waals surface area contributed by atoms with Crippen molar-refractivity contribution < 1.29 is 31.1 Å². The van der Waals surface area contributed by atoms with E-state index in [9.17, 15) is 26.4 Å². The number of sulfonamides is 1. The van der Waals surface area contributed by atoms with Crippen molar-refractivity contribution in [2.75, 3.05) is 39.3 Å². The molecule has 252 valence electrons. The largest absolute Gasteiger partial charge is 0.493 e. The zero-order chi connectivity index (χ0) is 32.5. The molecule has 0 radical (unpaired) electrons. The summed E-state index contributed by atoms with van der Waals surface area (Å²) in [4.78, 5) is 17.8. The first-order valence-electron chi connectivity index (χ1n) is 16.6. The first-order chi connectivity index (χ1) is 22.0. The number of piperidine rings is 1. The van der Waals surface area contributed by atoms with Gasteiger partial charge in [0.15, 0.2) is 0 Å². The normalized spacial score (nSPS) is 23.7. The number of nitrogens with two attached hydrogens (primary N) is 1. The van der Waals surface area contributed by atoms with Crippen LogP contribution in [0.25, 0.3) is 0 Å². The predicted octanol–water partition coefficient (Wildman–Crippen LogP) is 5.06. The molecule has 1 atom stereocenters. The zero-order valence-electron chi connectivity index (χ0n) is 26.3. The number of benzene rings is 2. The lowest BCUT2D eigenvalue weighted by molar-refractivity contribution is -0.160. The maximum atomic E-state index is 14.0. The van der Waals surface area contributed by atoms with E-state index in [-0.39, 0.29) is 48.3 Å². The van der Waals surface area contributed by atoms with Gasteiger partial charge in [0, 0.05) is 45.3 Å². The summed E-state index contributed by atoms with van der Waals surface area (Å²) in [5, 5.41) is 0. The van der Waals surface area contributed by atoms with E-state index < -0.39 is 27.7 Å². The summed E-state index contributed by atoms with van der Waals surface area (Å²) in [6.07, 6.45) is 3.26. The molecular weight excluding hydrogens is 617 g/mol.